The molecule has 0 heterocycles. The number of fused-ring (bicyclic) bond motifs is 5. The quantitative estimate of drug-likeness (QED) is 0.158. The van der Waals surface area contributed by atoms with Gasteiger partial charge in [0, 0.05) is 5.41 Å². The molecule has 8 rings (SSSR count). The van der Waals surface area contributed by atoms with Crippen molar-refractivity contribution in [2.24, 2.45) is 0 Å². The van der Waals surface area contributed by atoms with Crippen molar-refractivity contribution in [3.05, 3.63) is 169 Å². The molecule has 0 nitrogen and oxygen atoms in total. The number of benzene rings is 4. The maximum absolute atomic E-state index is 5.86. The molecule has 0 N–H and O–H groups in total. The first-order valence-electron chi connectivity index (χ1n) is 17.9. The third-order valence-corrected chi connectivity index (χ3v) is 12.4. The van der Waals surface area contributed by atoms with Crippen molar-refractivity contribution in [2.75, 3.05) is 0 Å². The maximum Gasteiger partial charge on any atom is -1.00 e. The molecule has 0 aliphatic heterocycles. The van der Waals surface area contributed by atoms with Crippen LogP contribution in [0.1, 0.15) is 118 Å². The second-order valence-corrected chi connectivity index (χ2v) is 18.6. The number of allylic oxidation sites excluding steroid dienone is 4. The molecule has 0 unspecified atom stereocenters. The van der Waals surface area contributed by atoms with Crippen LogP contribution in [-0.4, -0.2) is 3.21 Å². The summed E-state index contributed by atoms with van der Waals surface area (Å²) < 4.78 is 1.31. The molecular weight excluding hydrogens is 810 g/mol. The molecule has 0 amide bonds. The van der Waals surface area contributed by atoms with Crippen LogP contribution < -0.4 is 24.8 Å². The number of hydrogen-bond acceptors (Lipinski definition) is 0. The van der Waals surface area contributed by atoms with Gasteiger partial charge in [-0.2, -0.15) is 28.8 Å². The summed E-state index contributed by atoms with van der Waals surface area (Å²) in [5, 5.41) is 1.53. The SMILES string of the molecule is CC1=[C-]C(C)(C)c2cc3c(cc21)-c1cc2c(cc1C3)C(C)(C)C=C2C.Cc1cc(C(C)(C)C)c[cH-]1.Clc1ccc([C](=[Zr+2])c2ccc(Cl)cc2)cc1.[Cl-].[Cl-]. The summed E-state index contributed by atoms with van der Waals surface area (Å²) >= 11 is 13.1. The summed E-state index contributed by atoms with van der Waals surface area (Å²) in [5.41, 5.74) is 20.1. The molecule has 3 aliphatic carbocycles. The van der Waals surface area contributed by atoms with Gasteiger partial charge in [-0.15, -0.1) is 11.6 Å². The molecule has 5 aromatic rings. The van der Waals surface area contributed by atoms with Gasteiger partial charge in [-0.25, -0.2) is 11.6 Å². The van der Waals surface area contributed by atoms with Gasteiger partial charge in [0.25, 0.3) is 0 Å². The molecule has 0 saturated heterocycles. The third-order valence-electron chi connectivity index (χ3n) is 10.5. The van der Waals surface area contributed by atoms with Crippen LogP contribution in [0.3, 0.4) is 0 Å². The van der Waals surface area contributed by atoms with E-state index in [1.54, 1.807) is 0 Å². The van der Waals surface area contributed by atoms with E-state index < -0.39 is 0 Å². The number of hydrogen-bond donors (Lipinski definition) is 0. The molecule has 0 spiro atoms. The minimum atomic E-state index is 0. The average Bonchev–Trinajstić information content (AvgIpc) is 3.77. The van der Waals surface area contributed by atoms with Crippen LogP contribution in [0.15, 0.2) is 97.1 Å². The van der Waals surface area contributed by atoms with Crippen molar-refractivity contribution < 1.29 is 49.0 Å². The predicted molar refractivity (Wildman–Crippen MR) is 218 cm³/mol. The van der Waals surface area contributed by atoms with Crippen molar-refractivity contribution in [1.82, 2.24) is 0 Å². The first-order chi connectivity index (χ1) is 23.8. The van der Waals surface area contributed by atoms with E-state index in [1.807, 2.05) is 48.5 Å². The number of aryl methyl sites for hydroxylation is 1. The van der Waals surface area contributed by atoms with Crippen LogP contribution in [0.4, 0.5) is 0 Å². The molecule has 53 heavy (non-hydrogen) atoms. The zero-order chi connectivity index (χ0) is 37.0. The standard InChI is InChI=1S/C25H25.C13H8Cl2.C10H15.2ClH.Zr/c1-14-12-24(3,4)22-8-16-7-17-9-23-19(15(2)13-25(23,5)6)11-21(17)20(16)10-18(14)22;14-12-5-1-10(2-6-12)9-11-3-7-13(15)8-4-11;1-8-5-6-9(7-8)10(2,3)4;;;/h8-12H,7H2,1-6H3;1-8H;5-7H,1-4H3;2*1H;/q-1;;-1;;;+2/p-2. The van der Waals surface area contributed by atoms with Gasteiger partial charge in [0.2, 0.25) is 0 Å². The molecule has 0 aromatic heterocycles. The van der Waals surface area contributed by atoms with E-state index >= 15 is 0 Å². The summed E-state index contributed by atoms with van der Waals surface area (Å²) in [5.74, 6) is 0. The Morgan fingerprint density at radius 2 is 1.19 bits per heavy atom. The van der Waals surface area contributed by atoms with Crippen molar-refractivity contribution in [3.63, 3.8) is 0 Å². The Balaban J connectivity index is 0.000000194. The van der Waals surface area contributed by atoms with Gasteiger partial charge in [-0.05, 0) is 58.4 Å². The number of rotatable bonds is 2. The summed E-state index contributed by atoms with van der Waals surface area (Å²) in [4.78, 5) is 0. The summed E-state index contributed by atoms with van der Waals surface area (Å²) in [7, 11) is 0. The van der Waals surface area contributed by atoms with Gasteiger partial charge in [-0.1, -0.05) is 91.4 Å². The molecule has 0 radical (unpaired) electrons. The van der Waals surface area contributed by atoms with Gasteiger partial charge in [0.05, 0.1) is 0 Å². The Kier molecular flexibility index (Phi) is 13.4. The molecule has 3 aliphatic rings. The van der Waals surface area contributed by atoms with Crippen LogP contribution in [0.2, 0.25) is 10.0 Å². The molecule has 0 saturated carbocycles. The van der Waals surface area contributed by atoms with E-state index in [0.29, 0.717) is 5.41 Å². The summed E-state index contributed by atoms with van der Waals surface area (Å²) in [6.45, 7) is 22.5. The Labute approximate surface area is 355 Å². The predicted octanol–water partition coefficient (Wildman–Crippen LogP) is 7.58. The van der Waals surface area contributed by atoms with Crippen LogP contribution in [-0.2, 0) is 46.9 Å². The van der Waals surface area contributed by atoms with Gasteiger partial charge in [0.15, 0.2) is 0 Å². The summed E-state index contributed by atoms with van der Waals surface area (Å²) in [6.07, 6.45) is 7.13. The molecule has 5 aromatic carbocycles. The van der Waals surface area contributed by atoms with E-state index in [4.69, 9.17) is 23.2 Å². The molecular formula is C48H48Cl4Zr-2. The Hall–Kier alpha value is -2.38. The zero-order valence-corrected chi connectivity index (χ0v) is 37.9. The number of halogens is 4. The fourth-order valence-electron chi connectivity index (χ4n) is 7.70. The van der Waals surface area contributed by atoms with Crippen molar-refractivity contribution in [2.45, 2.75) is 91.9 Å². The fourth-order valence-corrected chi connectivity index (χ4v) is 8.78. The van der Waals surface area contributed by atoms with E-state index in [0.717, 1.165) is 16.5 Å². The fraction of sp³-hybridized carbons (Fsp3) is 0.292. The minimum absolute atomic E-state index is 0. The van der Waals surface area contributed by atoms with Gasteiger partial charge in [0.1, 0.15) is 0 Å². The largest absolute Gasteiger partial charge is 1.00 e. The Morgan fingerprint density at radius 3 is 1.64 bits per heavy atom. The van der Waals surface area contributed by atoms with Crippen LogP contribution in [0.25, 0.3) is 22.3 Å². The first-order valence-corrected chi connectivity index (χ1v) is 19.8. The van der Waals surface area contributed by atoms with Crippen LogP contribution in [0, 0.1) is 13.0 Å². The first kappa shape index (κ1) is 43.4. The Bertz CT molecular complexity index is 2070. The molecule has 5 heteroatoms. The monoisotopic (exact) mass is 854 g/mol. The van der Waals surface area contributed by atoms with E-state index in [9.17, 15) is 0 Å². The minimum Gasteiger partial charge on any atom is -1.00 e. The topological polar surface area (TPSA) is 0 Å². The normalized spacial score (nSPS) is 15.1. The second kappa shape index (κ2) is 16.4. The third kappa shape index (κ3) is 9.20. The van der Waals surface area contributed by atoms with Crippen LogP contribution >= 0.6 is 23.2 Å². The maximum atomic E-state index is 5.86. The average molecular weight is 858 g/mol. The zero-order valence-electron chi connectivity index (χ0n) is 32.5. The van der Waals surface area contributed by atoms with Crippen molar-refractivity contribution in [1.29, 1.82) is 0 Å². The van der Waals surface area contributed by atoms with E-state index in [2.05, 4.69) is 124 Å². The molecule has 0 bridgehead atoms. The van der Waals surface area contributed by atoms with E-state index in [-0.39, 0.29) is 35.6 Å². The summed E-state index contributed by atoms with van der Waals surface area (Å²) in [6, 6.07) is 32.3. The van der Waals surface area contributed by atoms with Gasteiger partial charge in [-0.3, -0.25) is 6.08 Å². The van der Waals surface area contributed by atoms with Gasteiger partial charge >= 0.3 is 120 Å². The molecule has 274 valence electrons. The van der Waals surface area contributed by atoms with Crippen molar-refractivity contribution in [3.8, 4) is 11.1 Å². The van der Waals surface area contributed by atoms with Crippen LogP contribution in [0.5, 0.6) is 0 Å². The van der Waals surface area contributed by atoms with Gasteiger partial charge < -0.3 is 24.8 Å². The van der Waals surface area contributed by atoms with Crippen molar-refractivity contribution >= 4 is 37.6 Å². The second-order valence-electron chi connectivity index (χ2n) is 16.5. The Morgan fingerprint density at radius 1 is 0.698 bits per heavy atom. The molecule has 0 atom stereocenters. The van der Waals surface area contributed by atoms with E-state index in [1.165, 1.54) is 105 Å². The smallest absolute Gasteiger partial charge is 1.00 e. The molecule has 0 fully saturated rings.